The molecule has 0 N–H and O–H groups in total. The minimum absolute atomic E-state index is 0.368. The van der Waals surface area contributed by atoms with Crippen LogP contribution in [0.2, 0.25) is 0 Å². The second kappa shape index (κ2) is 2.39. The Morgan fingerprint density at radius 2 is 1.80 bits per heavy atom. The fraction of sp³-hybridized carbons (Fsp3) is 0.778. The van der Waals surface area contributed by atoms with E-state index in [9.17, 15) is 0 Å². The van der Waals surface area contributed by atoms with Crippen LogP contribution < -0.4 is 0 Å². The molecule has 0 aromatic heterocycles. The fourth-order valence-electron chi connectivity index (χ4n) is 1.10. The lowest BCUT2D eigenvalue weighted by atomic mass is 9.97. The van der Waals surface area contributed by atoms with Crippen LogP contribution in [-0.2, 0) is 0 Å². The second-order valence-corrected chi connectivity index (χ2v) is 3.97. The predicted octanol–water partition coefficient (Wildman–Crippen LogP) is 2.05. The molecule has 1 fully saturated rings. The van der Waals surface area contributed by atoms with Gasteiger partial charge in [0.05, 0.1) is 0 Å². The van der Waals surface area contributed by atoms with Crippen molar-refractivity contribution in [2.45, 2.75) is 33.2 Å². The molecule has 0 aromatic rings. The van der Waals surface area contributed by atoms with Crippen molar-refractivity contribution in [3.63, 3.8) is 0 Å². The summed E-state index contributed by atoms with van der Waals surface area (Å²) < 4.78 is 0. The van der Waals surface area contributed by atoms with Crippen LogP contribution in [0, 0.1) is 0 Å². The molecule has 1 saturated heterocycles. The number of nitrogens with zero attached hydrogens (tertiary/aromatic N) is 1. The highest BCUT2D eigenvalue weighted by Crippen LogP contribution is 2.23. The highest BCUT2D eigenvalue weighted by Gasteiger charge is 2.28. The van der Waals surface area contributed by atoms with Crippen molar-refractivity contribution >= 4 is 0 Å². The standard InChI is InChI=1S/C9H17N/c1-5-8-6-10(7-8)9(2,3)4/h5H,6-7H2,1-4H3. The Hall–Kier alpha value is -0.300. The average Bonchev–Trinajstić information content (AvgIpc) is 1.57. The van der Waals surface area contributed by atoms with Crippen molar-refractivity contribution < 1.29 is 0 Å². The lowest BCUT2D eigenvalue weighted by Gasteiger charge is -2.44. The molecule has 1 aliphatic rings. The van der Waals surface area contributed by atoms with Gasteiger partial charge in [-0.3, -0.25) is 4.90 Å². The Bertz CT molecular complexity index is 143. The van der Waals surface area contributed by atoms with Gasteiger partial charge in [-0.05, 0) is 33.3 Å². The molecule has 1 heterocycles. The molecule has 0 saturated carbocycles. The molecule has 0 amide bonds. The molecule has 0 aromatic carbocycles. The third-order valence-corrected chi connectivity index (χ3v) is 2.14. The maximum Gasteiger partial charge on any atom is 0.0214 e. The highest BCUT2D eigenvalue weighted by molar-refractivity contribution is 5.16. The second-order valence-electron chi connectivity index (χ2n) is 3.97. The van der Waals surface area contributed by atoms with Gasteiger partial charge in [-0.25, -0.2) is 0 Å². The zero-order valence-electron chi connectivity index (χ0n) is 7.44. The third-order valence-electron chi connectivity index (χ3n) is 2.14. The molecule has 0 radical (unpaired) electrons. The Morgan fingerprint density at radius 3 is 2.10 bits per heavy atom. The summed E-state index contributed by atoms with van der Waals surface area (Å²) in [4.78, 5) is 2.47. The van der Waals surface area contributed by atoms with E-state index >= 15 is 0 Å². The monoisotopic (exact) mass is 139 g/mol. The average molecular weight is 139 g/mol. The molecule has 1 aliphatic heterocycles. The summed E-state index contributed by atoms with van der Waals surface area (Å²) in [5, 5.41) is 0. The Labute approximate surface area is 63.7 Å². The molecule has 0 aliphatic carbocycles. The van der Waals surface area contributed by atoms with Crippen LogP contribution in [0.25, 0.3) is 0 Å². The molecule has 58 valence electrons. The molecule has 0 bridgehead atoms. The first-order valence-corrected chi connectivity index (χ1v) is 3.93. The first kappa shape index (κ1) is 7.80. The Kier molecular flexibility index (Phi) is 1.86. The van der Waals surface area contributed by atoms with E-state index in [1.807, 2.05) is 0 Å². The van der Waals surface area contributed by atoms with Gasteiger partial charge in [0.2, 0.25) is 0 Å². The molecular weight excluding hydrogens is 122 g/mol. The van der Waals surface area contributed by atoms with Gasteiger partial charge in [0.15, 0.2) is 0 Å². The minimum atomic E-state index is 0.368. The van der Waals surface area contributed by atoms with E-state index < -0.39 is 0 Å². The molecule has 1 nitrogen and oxygen atoms in total. The molecule has 0 spiro atoms. The molecule has 0 atom stereocenters. The number of hydrogen-bond acceptors (Lipinski definition) is 1. The number of rotatable bonds is 0. The van der Waals surface area contributed by atoms with Crippen LogP contribution >= 0.6 is 0 Å². The van der Waals surface area contributed by atoms with E-state index in [2.05, 4.69) is 38.7 Å². The van der Waals surface area contributed by atoms with Crippen LogP contribution in [-0.4, -0.2) is 23.5 Å². The maximum absolute atomic E-state index is 2.47. The number of hydrogen-bond donors (Lipinski definition) is 0. The molecular formula is C9H17N. The van der Waals surface area contributed by atoms with E-state index in [0.717, 1.165) is 0 Å². The normalized spacial score (nSPS) is 20.6. The lowest BCUT2D eigenvalue weighted by Crippen LogP contribution is -2.51. The van der Waals surface area contributed by atoms with Gasteiger partial charge in [0, 0.05) is 18.6 Å². The summed E-state index contributed by atoms with van der Waals surface area (Å²) in [6.07, 6.45) is 2.22. The van der Waals surface area contributed by atoms with Gasteiger partial charge < -0.3 is 0 Å². The quantitative estimate of drug-likeness (QED) is 0.464. The first-order valence-electron chi connectivity index (χ1n) is 3.93. The maximum atomic E-state index is 2.47. The summed E-state index contributed by atoms with van der Waals surface area (Å²) in [6.45, 7) is 11.3. The van der Waals surface area contributed by atoms with Gasteiger partial charge in [0.1, 0.15) is 0 Å². The zero-order chi connectivity index (χ0) is 7.78. The predicted molar refractivity (Wildman–Crippen MR) is 45.1 cm³/mol. The van der Waals surface area contributed by atoms with Crippen LogP contribution in [0.1, 0.15) is 27.7 Å². The smallest absolute Gasteiger partial charge is 0.0214 e. The van der Waals surface area contributed by atoms with Gasteiger partial charge in [-0.15, -0.1) is 0 Å². The van der Waals surface area contributed by atoms with Crippen LogP contribution in [0.3, 0.4) is 0 Å². The summed E-state index contributed by atoms with van der Waals surface area (Å²) in [7, 11) is 0. The van der Waals surface area contributed by atoms with Crippen molar-refractivity contribution in [1.29, 1.82) is 0 Å². The van der Waals surface area contributed by atoms with E-state index in [1.54, 1.807) is 5.57 Å². The molecule has 1 heteroatoms. The minimum Gasteiger partial charge on any atom is -0.291 e. The van der Waals surface area contributed by atoms with Crippen molar-refractivity contribution in [3.05, 3.63) is 11.6 Å². The Morgan fingerprint density at radius 1 is 1.30 bits per heavy atom. The third kappa shape index (κ3) is 1.40. The summed E-state index contributed by atoms with van der Waals surface area (Å²) in [5.41, 5.74) is 1.95. The summed E-state index contributed by atoms with van der Waals surface area (Å²) in [5.74, 6) is 0. The molecule has 10 heavy (non-hydrogen) atoms. The first-order chi connectivity index (χ1) is 4.54. The van der Waals surface area contributed by atoms with Gasteiger partial charge in [0.25, 0.3) is 0 Å². The van der Waals surface area contributed by atoms with Crippen molar-refractivity contribution in [2.24, 2.45) is 0 Å². The van der Waals surface area contributed by atoms with Gasteiger partial charge >= 0.3 is 0 Å². The van der Waals surface area contributed by atoms with Gasteiger partial charge in [-0.2, -0.15) is 0 Å². The van der Waals surface area contributed by atoms with Crippen LogP contribution in [0.4, 0.5) is 0 Å². The Balaban J connectivity index is 2.40. The van der Waals surface area contributed by atoms with Crippen molar-refractivity contribution in [2.75, 3.05) is 13.1 Å². The van der Waals surface area contributed by atoms with E-state index in [-0.39, 0.29) is 0 Å². The zero-order valence-corrected chi connectivity index (χ0v) is 7.44. The highest BCUT2D eigenvalue weighted by atomic mass is 15.2. The summed E-state index contributed by atoms with van der Waals surface area (Å²) in [6, 6.07) is 0. The molecule has 1 rings (SSSR count). The largest absolute Gasteiger partial charge is 0.291 e. The topological polar surface area (TPSA) is 3.24 Å². The van der Waals surface area contributed by atoms with E-state index in [0.29, 0.717) is 5.54 Å². The SMILES string of the molecule is CC=C1CN(C(C)(C)C)C1. The van der Waals surface area contributed by atoms with Crippen LogP contribution in [0.15, 0.2) is 11.6 Å². The van der Waals surface area contributed by atoms with Crippen molar-refractivity contribution in [1.82, 2.24) is 4.90 Å². The lowest BCUT2D eigenvalue weighted by molar-refractivity contribution is 0.115. The number of allylic oxidation sites excluding steroid dienone is 1. The fourth-order valence-corrected chi connectivity index (χ4v) is 1.10. The van der Waals surface area contributed by atoms with E-state index in [1.165, 1.54) is 13.1 Å². The molecule has 0 unspecified atom stereocenters. The van der Waals surface area contributed by atoms with Gasteiger partial charge in [-0.1, -0.05) is 6.08 Å². The summed E-state index contributed by atoms with van der Waals surface area (Å²) >= 11 is 0. The van der Waals surface area contributed by atoms with Crippen molar-refractivity contribution in [3.8, 4) is 0 Å². The van der Waals surface area contributed by atoms with Crippen LogP contribution in [0.5, 0.6) is 0 Å². The van der Waals surface area contributed by atoms with E-state index in [4.69, 9.17) is 0 Å². The number of likely N-dealkylation sites (tertiary alicyclic amines) is 1.